The number of benzene rings is 1. The smallest absolute Gasteiger partial charge is 0.226 e. The predicted molar refractivity (Wildman–Crippen MR) is 105 cm³/mol. The lowest BCUT2D eigenvalue weighted by Crippen LogP contribution is -2.41. The van der Waals surface area contributed by atoms with Gasteiger partial charge in [-0.2, -0.15) is 0 Å². The van der Waals surface area contributed by atoms with Crippen molar-refractivity contribution in [2.45, 2.75) is 24.0 Å². The number of rotatable bonds is 8. The van der Waals surface area contributed by atoms with Gasteiger partial charge in [0.25, 0.3) is 0 Å². The number of carbonyl (C=O) groups is 1. The Kier molecular flexibility index (Phi) is 6.71. The molecule has 0 aliphatic carbocycles. The molecule has 8 heteroatoms. The molecule has 1 amide bonds. The monoisotopic (exact) mass is 415 g/mol. The summed E-state index contributed by atoms with van der Waals surface area (Å²) < 4.78 is 31.4. The van der Waals surface area contributed by atoms with Crippen LogP contribution in [0.25, 0.3) is 0 Å². The first-order chi connectivity index (χ1) is 12.2. The number of hydrogen-bond acceptors (Lipinski definition) is 5. The Balaban J connectivity index is 2.31. The van der Waals surface area contributed by atoms with Crippen LogP contribution in [0.4, 0.5) is 0 Å². The summed E-state index contributed by atoms with van der Waals surface area (Å²) in [5.41, 5.74) is -0.772. The van der Waals surface area contributed by atoms with Gasteiger partial charge in [0.15, 0.2) is 9.84 Å². The van der Waals surface area contributed by atoms with E-state index in [0.717, 1.165) is 0 Å². The molecule has 0 aliphatic heterocycles. The molecule has 1 atom stereocenters. The summed E-state index contributed by atoms with van der Waals surface area (Å²) in [5, 5.41) is 3.69. The number of alkyl halides is 1. The predicted octanol–water partition coefficient (Wildman–Crippen LogP) is 3.65. The summed E-state index contributed by atoms with van der Waals surface area (Å²) >= 11 is 7.17. The molecule has 26 heavy (non-hydrogen) atoms. The summed E-state index contributed by atoms with van der Waals surface area (Å²) in [6, 6.07) is 9.79. The average Bonchev–Trinajstić information content (AvgIpc) is 3.15. The molecule has 142 valence electrons. The molecule has 2 aromatic rings. The maximum Gasteiger partial charge on any atom is 0.226 e. The van der Waals surface area contributed by atoms with Crippen molar-refractivity contribution in [2.24, 2.45) is 5.41 Å². The lowest BCUT2D eigenvalue weighted by molar-refractivity contribution is -0.128. The second-order valence-corrected chi connectivity index (χ2v) is 9.83. The number of amides is 1. The highest BCUT2D eigenvalue weighted by atomic mass is 35.5. The summed E-state index contributed by atoms with van der Waals surface area (Å²) in [6.45, 7) is 3.41. The van der Waals surface area contributed by atoms with Crippen molar-refractivity contribution in [3.8, 4) is 5.75 Å². The summed E-state index contributed by atoms with van der Waals surface area (Å²) in [5.74, 6) is 0.445. The van der Waals surface area contributed by atoms with Crippen molar-refractivity contribution in [3.05, 3.63) is 46.7 Å². The zero-order valence-corrected chi connectivity index (χ0v) is 17.2. The van der Waals surface area contributed by atoms with Crippen LogP contribution in [0.5, 0.6) is 5.75 Å². The summed E-state index contributed by atoms with van der Waals surface area (Å²) in [4.78, 5) is 13.2. The molecule has 0 saturated heterocycles. The van der Waals surface area contributed by atoms with Gasteiger partial charge in [-0.15, -0.1) is 22.9 Å². The first kappa shape index (κ1) is 20.7. The third-order valence-electron chi connectivity index (χ3n) is 4.02. The maximum absolute atomic E-state index is 13.2. The van der Waals surface area contributed by atoms with Gasteiger partial charge >= 0.3 is 0 Å². The molecule has 2 rings (SSSR count). The van der Waals surface area contributed by atoms with E-state index >= 15 is 0 Å². The number of hydrogen-bond donors (Lipinski definition) is 1. The average molecular weight is 416 g/mol. The van der Waals surface area contributed by atoms with Gasteiger partial charge in [0.2, 0.25) is 5.91 Å². The molecule has 0 radical (unpaired) electrons. The fraction of sp³-hybridized carbons (Fsp3) is 0.389. The largest absolute Gasteiger partial charge is 0.497 e. The number of methoxy groups -OCH3 is 1. The first-order valence-electron chi connectivity index (χ1n) is 7.98. The van der Waals surface area contributed by atoms with Gasteiger partial charge < -0.3 is 10.1 Å². The highest BCUT2D eigenvalue weighted by Crippen LogP contribution is 2.32. The molecular formula is C18H22ClNO4S2. The van der Waals surface area contributed by atoms with Crippen LogP contribution >= 0.6 is 22.9 Å². The van der Waals surface area contributed by atoms with E-state index in [9.17, 15) is 13.2 Å². The molecule has 1 N–H and O–H groups in total. The van der Waals surface area contributed by atoms with Gasteiger partial charge in [-0.25, -0.2) is 8.42 Å². The van der Waals surface area contributed by atoms with E-state index in [1.807, 2.05) is 5.38 Å². The Hall–Kier alpha value is -1.57. The minimum atomic E-state index is -3.69. The van der Waals surface area contributed by atoms with Crippen molar-refractivity contribution in [2.75, 3.05) is 19.5 Å². The van der Waals surface area contributed by atoms with Crippen molar-refractivity contribution in [3.63, 3.8) is 0 Å². The first-order valence-corrected chi connectivity index (χ1v) is 10.9. The van der Waals surface area contributed by atoms with E-state index < -0.39 is 20.5 Å². The number of nitrogens with one attached hydrogen (secondary N) is 1. The molecule has 0 spiro atoms. The third-order valence-corrected chi connectivity index (χ3v) is 7.92. The topological polar surface area (TPSA) is 72.5 Å². The van der Waals surface area contributed by atoms with Gasteiger partial charge in [0.1, 0.15) is 11.0 Å². The van der Waals surface area contributed by atoms with Crippen LogP contribution < -0.4 is 10.1 Å². The van der Waals surface area contributed by atoms with Crippen LogP contribution in [0.1, 0.15) is 24.0 Å². The van der Waals surface area contributed by atoms with Crippen LogP contribution in [0.3, 0.4) is 0 Å². The lowest BCUT2D eigenvalue weighted by Gasteiger charge is -2.23. The van der Waals surface area contributed by atoms with Crippen LogP contribution in [-0.4, -0.2) is 33.9 Å². The van der Waals surface area contributed by atoms with Gasteiger partial charge in [0, 0.05) is 17.3 Å². The van der Waals surface area contributed by atoms with Crippen LogP contribution in [-0.2, 0) is 14.6 Å². The fourth-order valence-corrected chi connectivity index (χ4v) is 5.16. The van der Waals surface area contributed by atoms with E-state index in [4.69, 9.17) is 16.3 Å². The molecule has 0 saturated carbocycles. The Bertz CT molecular complexity index is 831. The van der Waals surface area contributed by atoms with E-state index in [1.54, 1.807) is 38.1 Å². The number of carbonyl (C=O) groups excluding carboxylic acids is 1. The fourth-order valence-electron chi connectivity index (χ4n) is 2.25. The standard InChI is InChI=1S/C18H22ClNO4S2/c1-18(2,12-19)17(21)20-11-16(15-5-4-10-25-15)26(22,23)14-8-6-13(24-3)7-9-14/h4-10,16H,11-12H2,1-3H3,(H,20,21)/t16-/m0/s1. The van der Waals surface area contributed by atoms with Crippen LogP contribution in [0, 0.1) is 5.41 Å². The second kappa shape index (κ2) is 8.41. The van der Waals surface area contributed by atoms with E-state index in [-0.39, 0.29) is 23.2 Å². The molecular weight excluding hydrogens is 394 g/mol. The van der Waals surface area contributed by atoms with E-state index in [2.05, 4.69) is 5.32 Å². The Morgan fingerprint density at radius 3 is 2.42 bits per heavy atom. The minimum Gasteiger partial charge on any atom is -0.497 e. The SMILES string of the molecule is COc1ccc(S(=O)(=O)[C@@H](CNC(=O)C(C)(C)CCl)c2cccs2)cc1. The van der Waals surface area contributed by atoms with Gasteiger partial charge in [0.05, 0.1) is 17.4 Å². The molecule has 0 bridgehead atoms. The van der Waals surface area contributed by atoms with Crippen molar-refractivity contribution in [1.82, 2.24) is 5.32 Å². The van der Waals surface area contributed by atoms with Crippen LogP contribution in [0.2, 0.25) is 0 Å². The number of sulfone groups is 1. The molecule has 1 heterocycles. The van der Waals surface area contributed by atoms with Crippen molar-refractivity contribution < 1.29 is 17.9 Å². The van der Waals surface area contributed by atoms with Gasteiger partial charge in [-0.3, -0.25) is 4.79 Å². The van der Waals surface area contributed by atoms with Gasteiger partial charge in [-0.1, -0.05) is 6.07 Å². The molecule has 0 fully saturated rings. The molecule has 0 aliphatic rings. The molecule has 0 unspecified atom stereocenters. The highest BCUT2D eigenvalue weighted by molar-refractivity contribution is 7.91. The number of halogens is 1. The van der Waals surface area contributed by atoms with E-state index in [0.29, 0.717) is 10.6 Å². The number of thiophene rings is 1. The van der Waals surface area contributed by atoms with Crippen molar-refractivity contribution in [1.29, 1.82) is 0 Å². The highest BCUT2D eigenvalue weighted by Gasteiger charge is 2.33. The Labute approximate surface area is 163 Å². The quantitative estimate of drug-likeness (QED) is 0.668. The Morgan fingerprint density at radius 1 is 1.27 bits per heavy atom. The molecule has 5 nitrogen and oxygen atoms in total. The van der Waals surface area contributed by atoms with Gasteiger partial charge in [-0.05, 0) is 49.6 Å². The lowest BCUT2D eigenvalue weighted by atomic mass is 9.95. The Morgan fingerprint density at radius 2 is 1.92 bits per heavy atom. The summed E-state index contributed by atoms with van der Waals surface area (Å²) in [6.07, 6.45) is 0. The number of ether oxygens (including phenoxy) is 1. The zero-order chi connectivity index (χ0) is 19.4. The molecule has 1 aromatic heterocycles. The zero-order valence-electron chi connectivity index (χ0n) is 14.9. The second-order valence-electron chi connectivity index (χ2n) is 6.45. The van der Waals surface area contributed by atoms with Crippen LogP contribution in [0.15, 0.2) is 46.7 Å². The maximum atomic E-state index is 13.2. The molecule has 1 aromatic carbocycles. The summed E-state index contributed by atoms with van der Waals surface area (Å²) in [7, 11) is -2.17. The minimum absolute atomic E-state index is 0.0198. The van der Waals surface area contributed by atoms with E-state index in [1.165, 1.54) is 30.6 Å². The van der Waals surface area contributed by atoms with Crippen molar-refractivity contribution >= 4 is 38.7 Å². The third kappa shape index (κ3) is 4.58. The normalized spacial score (nSPS) is 13.2.